The van der Waals surface area contributed by atoms with Gasteiger partial charge in [-0.3, -0.25) is 4.79 Å². The Labute approximate surface area is 107 Å². The number of nitrogens with one attached hydrogen (secondary N) is 1. The van der Waals surface area contributed by atoms with E-state index in [1.54, 1.807) is 0 Å². The first-order valence-electron chi connectivity index (χ1n) is 5.31. The van der Waals surface area contributed by atoms with Crippen molar-refractivity contribution in [3.8, 4) is 5.75 Å². The van der Waals surface area contributed by atoms with Crippen molar-refractivity contribution < 1.29 is 27.8 Å². The van der Waals surface area contributed by atoms with Gasteiger partial charge in [-0.15, -0.1) is 13.2 Å². The number of aliphatic hydroxyl groups is 1. The Kier molecular flexibility index (Phi) is 5.13. The van der Waals surface area contributed by atoms with E-state index in [2.05, 4.69) is 10.1 Å². The van der Waals surface area contributed by atoms with Crippen molar-refractivity contribution in [1.82, 2.24) is 5.32 Å². The van der Waals surface area contributed by atoms with Crippen molar-refractivity contribution in [3.05, 3.63) is 29.8 Å². The first-order chi connectivity index (χ1) is 8.83. The fourth-order valence-electron chi connectivity index (χ4n) is 1.27. The molecular weight excluding hydrogens is 265 g/mol. The van der Waals surface area contributed by atoms with Gasteiger partial charge in [-0.05, 0) is 6.07 Å². The van der Waals surface area contributed by atoms with E-state index in [0.29, 0.717) is 0 Å². The molecule has 1 aromatic rings. The summed E-state index contributed by atoms with van der Waals surface area (Å²) in [4.78, 5) is 11.3. The van der Waals surface area contributed by atoms with Crippen LogP contribution >= 0.6 is 0 Å². The van der Waals surface area contributed by atoms with Crippen LogP contribution < -0.4 is 15.8 Å². The third-order valence-electron chi connectivity index (χ3n) is 2.18. The Balaban J connectivity index is 2.71. The van der Waals surface area contributed by atoms with Crippen molar-refractivity contribution in [1.29, 1.82) is 0 Å². The van der Waals surface area contributed by atoms with E-state index < -0.39 is 30.7 Å². The molecule has 19 heavy (non-hydrogen) atoms. The fourth-order valence-corrected chi connectivity index (χ4v) is 1.27. The highest BCUT2D eigenvalue weighted by Crippen LogP contribution is 2.25. The molecule has 0 radical (unpaired) electrons. The van der Waals surface area contributed by atoms with Gasteiger partial charge in [0.1, 0.15) is 11.8 Å². The maximum Gasteiger partial charge on any atom is 0.573 e. The molecule has 0 bridgehead atoms. The number of amides is 1. The van der Waals surface area contributed by atoms with Crippen molar-refractivity contribution in [2.75, 3.05) is 6.61 Å². The van der Waals surface area contributed by atoms with E-state index >= 15 is 0 Å². The van der Waals surface area contributed by atoms with Gasteiger partial charge in [-0.1, -0.05) is 18.2 Å². The zero-order valence-electron chi connectivity index (χ0n) is 9.78. The minimum Gasteiger partial charge on any atom is -0.405 e. The lowest BCUT2D eigenvalue weighted by molar-refractivity contribution is -0.274. The SMILES string of the molecule is NC(CO)C(=O)NCc1ccccc1OC(F)(F)F. The lowest BCUT2D eigenvalue weighted by atomic mass is 10.2. The predicted molar refractivity (Wildman–Crippen MR) is 60.0 cm³/mol. The van der Waals surface area contributed by atoms with Crippen LogP contribution in [0.2, 0.25) is 0 Å². The second kappa shape index (κ2) is 6.39. The molecule has 1 unspecified atom stereocenters. The Morgan fingerprint density at radius 1 is 1.42 bits per heavy atom. The third kappa shape index (κ3) is 5.14. The highest BCUT2D eigenvalue weighted by molar-refractivity contribution is 5.81. The largest absolute Gasteiger partial charge is 0.573 e. The number of carbonyl (C=O) groups is 1. The average molecular weight is 278 g/mol. The summed E-state index contributed by atoms with van der Waals surface area (Å²) in [6.45, 7) is -0.731. The van der Waals surface area contributed by atoms with Gasteiger partial charge in [0.15, 0.2) is 0 Å². The highest BCUT2D eigenvalue weighted by Gasteiger charge is 2.32. The van der Waals surface area contributed by atoms with Crippen LogP contribution in [-0.2, 0) is 11.3 Å². The molecule has 0 aliphatic rings. The van der Waals surface area contributed by atoms with Gasteiger partial charge >= 0.3 is 6.36 Å². The number of aliphatic hydroxyl groups excluding tert-OH is 1. The zero-order chi connectivity index (χ0) is 14.5. The summed E-state index contributed by atoms with van der Waals surface area (Å²) in [6.07, 6.45) is -4.80. The third-order valence-corrected chi connectivity index (χ3v) is 2.18. The van der Waals surface area contributed by atoms with Gasteiger partial charge < -0.3 is 20.9 Å². The van der Waals surface area contributed by atoms with Crippen LogP contribution in [0.3, 0.4) is 0 Å². The molecule has 0 spiro atoms. The second-order valence-electron chi connectivity index (χ2n) is 3.66. The molecule has 1 aromatic carbocycles. The van der Waals surface area contributed by atoms with E-state index in [1.807, 2.05) is 0 Å². The van der Waals surface area contributed by atoms with Crippen LogP contribution in [0.4, 0.5) is 13.2 Å². The molecule has 1 rings (SSSR count). The summed E-state index contributed by atoms with van der Waals surface area (Å²) in [5.41, 5.74) is 5.40. The summed E-state index contributed by atoms with van der Waals surface area (Å²) in [6, 6.07) is 4.30. The molecule has 0 fully saturated rings. The first kappa shape index (κ1) is 15.3. The van der Waals surface area contributed by atoms with Crippen LogP contribution in [0.5, 0.6) is 5.75 Å². The van der Waals surface area contributed by atoms with E-state index in [-0.39, 0.29) is 12.1 Å². The number of nitrogens with two attached hydrogens (primary N) is 1. The maximum absolute atomic E-state index is 12.1. The summed E-state index contributed by atoms with van der Waals surface area (Å²) in [7, 11) is 0. The molecule has 0 heterocycles. The first-order valence-corrected chi connectivity index (χ1v) is 5.31. The molecule has 1 amide bonds. The van der Waals surface area contributed by atoms with Crippen LogP contribution in [0.15, 0.2) is 24.3 Å². The maximum atomic E-state index is 12.1. The number of para-hydroxylation sites is 1. The summed E-state index contributed by atoms with van der Waals surface area (Å²) >= 11 is 0. The number of carbonyl (C=O) groups excluding carboxylic acids is 1. The van der Waals surface area contributed by atoms with Gasteiger partial charge in [0.25, 0.3) is 0 Å². The summed E-state index contributed by atoms with van der Waals surface area (Å²) in [5, 5.41) is 11.0. The number of hydrogen-bond donors (Lipinski definition) is 3. The number of benzene rings is 1. The van der Waals surface area contributed by atoms with E-state index in [1.165, 1.54) is 18.2 Å². The van der Waals surface area contributed by atoms with Crippen molar-refractivity contribution in [2.24, 2.45) is 5.73 Å². The zero-order valence-corrected chi connectivity index (χ0v) is 9.78. The summed E-state index contributed by atoms with van der Waals surface area (Å²) < 4.78 is 40.2. The van der Waals surface area contributed by atoms with Crippen LogP contribution in [-0.4, -0.2) is 30.0 Å². The Morgan fingerprint density at radius 2 is 2.05 bits per heavy atom. The Hall–Kier alpha value is -1.80. The minimum atomic E-state index is -4.80. The van der Waals surface area contributed by atoms with Gasteiger partial charge in [0, 0.05) is 12.1 Å². The lowest BCUT2D eigenvalue weighted by Crippen LogP contribution is -2.42. The monoisotopic (exact) mass is 278 g/mol. The molecule has 0 saturated heterocycles. The molecule has 106 valence electrons. The van der Waals surface area contributed by atoms with Crippen LogP contribution in [0, 0.1) is 0 Å². The molecule has 0 saturated carbocycles. The van der Waals surface area contributed by atoms with Crippen LogP contribution in [0.1, 0.15) is 5.56 Å². The summed E-state index contributed by atoms with van der Waals surface area (Å²) in [5.74, 6) is -1.06. The quantitative estimate of drug-likeness (QED) is 0.733. The van der Waals surface area contributed by atoms with Crippen molar-refractivity contribution in [3.63, 3.8) is 0 Å². The normalized spacial score (nSPS) is 12.9. The molecule has 0 aliphatic carbocycles. The number of ether oxygens (including phenoxy) is 1. The Bertz CT molecular complexity index is 437. The van der Waals surface area contributed by atoms with Gasteiger partial charge in [-0.2, -0.15) is 0 Å². The van der Waals surface area contributed by atoms with E-state index in [9.17, 15) is 18.0 Å². The molecular formula is C11H13F3N2O3. The molecule has 4 N–H and O–H groups in total. The number of alkyl halides is 3. The van der Waals surface area contributed by atoms with E-state index in [4.69, 9.17) is 10.8 Å². The topological polar surface area (TPSA) is 84.6 Å². The van der Waals surface area contributed by atoms with Crippen molar-refractivity contribution >= 4 is 5.91 Å². The van der Waals surface area contributed by atoms with Gasteiger partial charge in [-0.25, -0.2) is 0 Å². The lowest BCUT2D eigenvalue weighted by Gasteiger charge is -2.14. The number of hydrogen-bond acceptors (Lipinski definition) is 4. The fraction of sp³-hybridized carbons (Fsp3) is 0.364. The van der Waals surface area contributed by atoms with Gasteiger partial charge in [0.05, 0.1) is 6.61 Å². The molecule has 1 atom stereocenters. The second-order valence-corrected chi connectivity index (χ2v) is 3.66. The highest BCUT2D eigenvalue weighted by atomic mass is 19.4. The van der Waals surface area contributed by atoms with E-state index in [0.717, 1.165) is 6.07 Å². The minimum absolute atomic E-state index is 0.151. The molecule has 5 nitrogen and oxygen atoms in total. The molecule has 0 aliphatic heterocycles. The van der Waals surface area contributed by atoms with Crippen molar-refractivity contribution in [2.45, 2.75) is 18.9 Å². The standard InChI is InChI=1S/C11H13F3N2O3/c12-11(13,14)19-9-4-2-1-3-7(9)5-16-10(18)8(15)6-17/h1-4,8,17H,5-6,15H2,(H,16,18). The molecule has 8 heteroatoms. The predicted octanol–water partition coefficient (Wildman–Crippen LogP) is 0.521. The Morgan fingerprint density at radius 3 is 2.63 bits per heavy atom. The molecule has 0 aromatic heterocycles. The van der Waals surface area contributed by atoms with Gasteiger partial charge in [0.2, 0.25) is 5.91 Å². The number of rotatable bonds is 5. The smallest absolute Gasteiger partial charge is 0.405 e. The average Bonchev–Trinajstić information content (AvgIpc) is 2.34. The van der Waals surface area contributed by atoms with Crippen LogP contribution in [0.25, 0.3) is 0 Å². The number of halogens is 3.